The molecular weight excluding hydrogens is 288 g/mol. The molecule has 0 bridgehead atoms. The SMILES string of the molecule is Cl.O=C(CC1COCCN1)N1CCC2(CCCCC2)CC1. The Morgan fingerprint density at radius 1 is 1.14 bits per heavy atom. The van der Waals surface area contributed by atoms with Gasteiger partial charge < -0.3 is 15.0 Å². The fourth-order valence-corrected chi connectivity index (χ4v) is 4.12. The summed E-state index contributed by atoms with van der Waals surface area (Å²) in [5, 5.41) is 3.37. The van der Waals surface area contributed by atoms with Crippen molar-refractivity contribution in [2.75, 3.05) is 32.8 Å². The molecule has 1 atom stereocenters. The first-order valence-electron chi connectivity index (χ1n) is 8.36. The molecule has 0 aromatic carbocycles. The third kappa shape index (κ3) is 4.33. The Labute approximate surface area is 134 Å². The molecule has 3 fully saturated rings. The number of likely N-dealkylation sites (tertiary alicyclic amines) is 1. The van der Waals surface area contributed by atoms with Crippen LogP contribution in [-0.2, 0) is 9.53 Å². The monoisotopic (exact) mass is 316 g/mol. The molecule has 1 unspecified atom stereocenters. The third-order valence-electron chi connectivity index (χ3n) is 5.51. The number of carbonyl (C=O) groups excluding carboxylic acids is 1. The number of hydrogen-bond donors (Lipinski definition) is 1. The maximum absolute atomic E-state index is 12.4. The van der Waals surface area contributed by atoms with E-state index in [0.29, 0.717) is 24.3 Å². The standard InChI is InChI=1S/C16H28N2O2.ClH/c19-15(12-14-13-20-11-8-17-14)18-9-6-16(7-10-18)4-2-1-3-5-16;/h14,17H,1-13H2;1H. The van der Waals surface area contributed by atoms with E-state index < -0.39 is 0 Å². The van der Waals surface area contributed by atoms with E-state index in [1.54, 1.807) is 0 Å². The van der Waals surface area contributed by atoms with Crippen LogP contribution in [0.15, 0.2) is 0 Å². The van der Waals surface area contributed by atoms with Crippen molar-refractivity contribution in [2.45, 2.75) is 57.4 Å². The van der Waals surface area contributed by atoms with E-state index in [-0.39, 0.29) is 18.4 Å². The lowest BCUT2D eigenvalue weighted by Crippen LogP contribution is -2.48. The van der Waals surface area contributed by atoms with E-state index in [9.17, 15) is 4.79 Å². The summed E-state index contributed by atoms with van der Waals surface area (Å²) in [5.41, 5.74) is 0.585. The summed E-state index contributed by atoms with van der Waals surface area (Å²) in [6.07, 6.45) is 10.1. The Morgan fingerprint density at radius 2 is 1.86 bits per heavy atom. The van der Waals surface area contributed by atoms with Gasteiger partial charge in [0.05, 0.1) is 13.2 Å². The van der Waals surface area contributed by atoms with Crippen LogP contribution in [-0.4, -0.2) is 49.7 Å². The lowest BCUT2D eigenvalue weighted by Gasteiger charge is -2.44. The van der Waals surface area contributed by atoms with Gasteiger partial charge in [-0.2, -0.15) is 0 Å². The molecule has 3 aliphatic rings. The predicted molar refractivity (Wildman–Crippen MR) is 85.8 cm³/mol. The minimum Gasteiger partial charge on any atom is -0.378 e. The van der Waals surface area contributed by atoms with Crippen LogP contribution < -0.4 is 5.32 Å². The van der Waals surface area contributed by atoms with Gasteiger partial charge in [-0.3, -0.25) is 4.79 Å². The van der Waals surface area contributed by atoms with Gasteiger partial charge in [-0.25, -0.2) is 0 Å². The van der Waals surface area contributed by atoms with Crippen LogP contribution in [0.1, 0.15) is 51.4 Å². The number of ether oxygens (including phenoxy) is 1. The number of morpholine rings is 1. The molecule has 1 amide bonds. The third-order valence-corrected chi connectivity index (χ3v) is 5.51. The van der Waals surface area contributed by atoms with Gasteiger partial charge in [0, 0.05) is 32.1 Å². The van der Waals surface area contributed by atoms with Crippen molar-refractivity contribution >= 4 is 18.3 Å². The molecule has 1 saturated carbocycles. The summed E-state index contributed by atoms with van der Waals surface area (Å²) < 4.78 is 5.43. The molecule has 5 heteroatoms. The minimum absolute atomic E-state index is 0. The summed E-state index contributed by atoms with van der Waals surface area (Å²) in [5.74, 6) is 0.318. The molecule has 3 rings (SSSR count). The molecule has 1 aliphatic carbocycles. The van der Waals surface area contributed by atoms with Crippen LogP contribution in [0.5, 0.6) is 0 Å². The van der Waals surface area contributed by atoms with Crippen molar-refractivity contribution in [1.82, 2.24) is 10.2 Å². The Morgan fingerprint density at radius 3 is 2.48 bits per heavy atom. The van der Waals surface area contributed by atoms with Gasteiger partial charge in [0.25, 0.3) is 0 Å². The number of rotatable bonds is 2. The number of halogens is 1. The van der Waals surface area contributed by atoms with Gasteiger partial charge >= 0.3 is 0 Å². The molecule has 2 saturated heterocycles. The average molecular weight is 317 g/mol. The summed E-state index contributed by atoms with van der Waals surface area (Å²) >= 11 is 0. The second kappa shape index (κ2) is 7.80. The largest absolute Gasteiger partial charge is 0.378 e. The maximum atomic E-state index is 12.4. The highest BCUT2D eigenvalue weighted by Gasteiger charge is 2.36. The Hall–Kier alpha value is -0.320. The van der Waals surface area contributed by atoms with Gasteiger partial charge in [-0.05, 0) is 31.1 Å². The van der Waals surface area contributed by atoms with Gasteiger partial charge in [0.1, 0.15) is 0 Å². The highest BCUT2D eigenvalue weighted by atomic mass is 35.5. The fraction of sp³-hybridized carbons (Fsp3) is 0.938. The lowest BCUT2D eigenvalue weighted by molar-refractivity contribution is -0.135. The molecule has 2 aliphatic heterocycles. The van der Waals surface area contributed by atoms with E-state index in [2.05, 4.69) is 10.2 Å². The summed E-state index contributed by atoms with van der Waals surface area (Å²) in [4.78, 5) is 14.5. The highest BCUT2D eigenvalue weighted by molar-refractivity contribution is 5.85. The Bertz CT molecular complexity index is 329. The molecule has 122 valence electrons. The number of piperidine rings is 1. The Balaban J connectivity index is 0.00000161. The van der Waals surface area contributed by atoms with Crippen molar-refractivity contribution in [1.29, 1.82) is 0 Å². The number of carbonyl (C=O) groups is 1. The number of amides is 1. The van der Waals surface area contributed by atoms with Crippen LogP contribution in [0.25, 0.3) is 0 Å². The summed E-state index contributed by atoms with van der Waals surface area (Å²) in [6, 6.07) is 0.224. The zero-order chi connectivity index (χ0) is 13.8. The van der Waals surface area contributed by atoms with Crippen LogP contribution in [0.4, 0.5) is 0 Å². The summed E-state index contributed by atoms with van der Waals surface area (Å²) in [7, 11) is 0. The van der Waals surface area contributed by atoms with Crippen molar-refractivity contribution in [3.05, 3.63) is 0 Å². The van der Waals surface area contributed by atoms with Crippen molar-refractivity contribution in [3.8, 4) is 0 Å². The van der Waals surface area contributed by atoms with E-state index in [0.717, 1.165) is 26.2 Å². The zero-order valence-electron chi connectivity index (χ0n) is 12.9. The topological polar surface area (TPSA) is 41.6 Å². The van der Waals surface area contributed by atoms with Gasteiger partial charge in [0.2, 0.25) is 5.91 Å². The summed E-state index contributed by atoms with van der Waals surface area (Å²) in [6.45, 7) is 4.29. The van der Waals surface area contributed by atoms with Crippen LogP contribution in [0, 0.1) is 5.41 Å². The van der Waals surface area contributed by atoms with Crippen LogP contribution in [0.2, 0.25) is 0 Å². The minimum atomic E-state index is 0. The van der Waals surface area contributed by atoms with Gasteiger partial charge in [0.15, 0.2) is 0 Å². The quantitative estimate of drug-likeness (QED) is 0.850. The lowest BCUT2D eigenvalue weighted by atomic mass is 9.68. The van der Waals surface area contributed by atoms with Crippen molar-refractivity contribution in [2.24, 2.45) is 5.41 Å². The molecular formula is C16H29ClN2O2. The first-order valence-corrected chi connectivity index (χ1v) is 8.36. The van der Waals surface area contributed by atoms with Crippen LogP contribution in [0.3, 0.4) is 0 Å². The van der Waals surface area contributed by atoms with E-state index in [1.165, 1.54) is 44.9 Å². The fourth-order valence-electron chi connectivity index (χ4n) is 4.12. The normalized spacial score (nSPS) is 29.0. The van der Waals surface area contributed by atoms with Crippen molar-refractivity contribution in [3.63, 3.8) is 0 Å². The molecule has 4 nitrogen and oxygen atoms in total. The van der Waals surface area contributed by atoms with Crippen LogP contribution >= 0.6 is 12.4 Å². The highest BCUT2D eigenvalue weighted by Crippen LogP contribution is 2.44. The first kappa shape index (κ1) is 17.0. The molecule has 0 aromatic rings. The molecule has 21 heavy (non-hydrogen) atoms. The number of nitrogens with zero attached hydrogens (tertiary/aromatic N) is 1. The molecule has 2 heterocycles. The second-order valence-electron chi connectivity index (χ2n) is 6.87. The van der Waals surface area contributed by atoms with E-state index in [4.69, 9.17) is 4.74 Å². The van der Waals surface area contributed by atoms with Gasteiger partial charge in [-0.1, -0.05) is 19.3 Å². The molecule has 0 aromatic heterocycles. The molecule has 1 spiro atoms. The first-order chi connectivity index (χ1) is 9.77. The average Bonchev–Trinajstić information content (AvgIpc) is 2.50. The van der Waals surface area contributed by atoms with Crippen molar-refractivity contribution < 1.29 is 9.53 Å². The molecule has 0 radical (unpaired) electrons. The Kier molecular flexibility index (Phi) is 6.33. The number of nitrogens with one attached hydrogen (secondary N) is 1. The van der Waals surface area contributed by atoms with Gasteiger partial charge in [-0.15, -0.1) is 12.4 Å². The smallest absolute Gasteiger partial charge is 0.224 e. The predicted octanol–water partition coefficient (Wildman–Crippen LogP) is 2.36. The van der Waals surface area contributed by atoms with E-state index in [1.807, 2.05) is 0 Å². The number of hydrogen-bond acceptors (Lipinski definition) is 3. The zero-order valence-corrected chi connectivity index (χ0v) is 13.8. The van der Waals surface area contributed by atoms with E-state index >= 15 is 0 Å². The maximum Gasteiger partial charge on any atom is 0.224 e. The second-order valence-corrected chi connectivity index (χ2v) is 6.87. The molecule has 1 N–H and O–H groups in total.